The van der Waals surface area contributed by atoms with E-state index in [4.69, 9.17) is 0 Å². The summed E-state index contributed by atoms with van der Waals surface area (Å²) >= 11 is 0. The fourth-order valence-electron chi connectivity index (χ4n) is 3.40. The summed E-state index contributed by atoms with van der Waals surface area (Å²) in [7, 11) is 1.50. The third kappa shape index (κ3) is 4.04. The maximum Gasteiger partial charge on any atom is 0.331 e. The molecule has 0 saturated heterocycles. The van der Waals surface area contributed by atoms with E-state index in [0.717, 1.165) is 22.3 Å². The lowest BCUT2D eigenvalue weighted by molar-refractivity contribution is 0.0951. The first-order valence-corrected chi connectivity index (χ1v) is 9.70. The monoisotopic (exact) mass is 436 g/mol. The van der Waals surface area contributed by atoms with Gasteiger partial charge in [-0.15, -0.1) is 0 Å². The van der Waals surface area contributed by atoms with Crippen molar-refractivity contribution in [2.75, 3.05) is 0 Å². The van der Waals surface area contributed by atoms with Crippen LogP contribution in [0.25, 0.3) is 10.9 Å². The molecule has 0 spiro atoms. The van der Waals surface area contributed by atoms with E-state index >= 15 is 0 Å². The molecule has 162 valence electrons. The summed E-state index contributed by atoms with van der Waals surface area (Å²) in [5, 5.41) is 2.93. The topological polar surface area (TPSA) is 86.0 Å². The summed E-state index contributed by atoms with van der Waals surface area (Å²) in [4.78, 5) is 42.3. The zero-order valence-electron chi connectivity index (χ0n) is 17.0. The number of amides is 1. The Kier molecular flexibility index (Phi) is 5.63. The van der Waals surface area contributed by atoms with Crippen LogP contribution in [0.3, 0.4) is 0 Å². The number of halogens is 2. The molecule has 0 fully saturated rings. The predicted molar refractivity (Wildman–Crippen MR) is 114 cm³/mol. The summed E-state index contributed by atoms with van der Waals surface area (Å²) in [6.45, 7) is 0.0458. The molecule has 9 heteroatoms. The van der Waals surface area contributed by atoms with Gasteiger partial charge in [0.15, 0.2) is 11.6 Å². The van der Waals surface area contributed by atoms with E-state index < -0.39 is 22.9 Å². The first kappa shape index (κ1) is 21.1. The van der Waals surface area contributed by atoms with Gasteiger partial charge in [0.2, 0.25) is 0 Å². The predicted octanol–water partition coefficient (Wildman–Crippen LogP) is 2.35. The van der Waals surface area contributed by atoms with Gasteiger partial charge in [0.05, 0.1) is 17.4 Å². The normalized spacial score (nSPS) is 11.0. The molecule has 2 heterocycles. The lowest BCUT2D eigenvalue weighted by Crippen LogP contribution is -2.39. The average molecular weight is 436 g/mol. The molecule has 0 aliphatic rings. The Morgan fingerprint density at radius 2 is 1.72 bits per heavy atom. The Labute approximate surface area is 180 Å². The second kappa shape index (κ2) is 8.54. The van der Waals surface area contributed by atoms with Gasteiger partial charge in [-0.3, -0.25) is 23.7 Å². The minimum atomic E-state index is -1.07. The number of carbonyl (C=O) groups is 1. The van der Waals surface area contributed by atoms with E-state index in [1.54, 1.807) is 24.5 Å². The lowest BCUT2D eigenvalue weighted by Gasteiger charge is -2.12. The Hall–Kier alpha value is -4.14. The highest BCUT2D eigenvalue weighted by molar-refractivity contribution is 5.97. The van der Waals surface area contributed by atoms with Crippen LogP contribution in [0.4, 0.5) is 8.78 Å². The number of hydrogen-bond donors (Lipinski definition) is 1. The molecule has 1 N–H and O–H groups in total. The minimum Gasteiger partial charge on any atom is -0.348 e. The van der Waals surface area contributed by atoms with Crippen molar-refractivity contribution in [2.45, 2.75) is 13.1 Å². The Morgan fingerprint density at radius 3 is 2.44 bits per heavy atom. The number of fused-ring (bicyclic) bond motifs is 1. The second-order valence-electron chi connectivity index (χ2n) is 7.25. The molecule has 4 aromatic rings. The number of pyridine rings is 1. The van der Waals surface area contributed by atoms with Gasteiger partial charge in [0.1, 0.15) is 0 Å². The molecule has 32 heavy (non-hydrogen) atoms. The van der Waals surface area contributed by atoms with E-state index in [9.17, 15) is 23.2 Å². The SMILES string of the molecule is Cn1c(=O)n(Cc2ccc(F)c(F)c2)c(=O)c2cc(C(=O)NCc3ccncc3)ccc21. The number of rotatable bonds is 5. The highest BCUT2D eigenvalue weighted by Crippen LogP contribution is 2.13. The third-order valence-electron chi connectivity index (χ3n) is 5.14. The van der Waals surface area contributed by atoms with E-state index in [1.807, 2.05) is 0 Å². The van der Waals surface area contributed by atoms with Crippen LogP contribution in [0.5, 0.6) is 0 Å². The number of aryl methyl sites for hydroxylation is 1. The van der Waals surface area contributed by atoms with Crippen LogP contribution in [0.2, 0.25) is 0 Å². The largest absolute Gasteiger partial charge is 0.348 e. The number of nitrogens with zero attached hydrogens (tertiary/aromatic N) is 3. The highest BCUT2D eigenvalue weighted by atomic mass is 19.2. The van der Waals surface area contributed by atoms with Crippen LogP contribution in [-0.2, 0) is 20.1 Å². The van der Waals surface area contributed by atoms with Crippen LogP contribution < -0.4 is 16.6 Å². The molecule has 0 unspecified atom stereocenters. The fourth-order valence-corrected chi connectivity index (χ4v) is 3.40. The van der Waals surface area contributed by atoms with Crippen molar-refractivity contribution in [3.63, 3.8) is 0 Å². The Balaban J connectivity index is 1.70. The molecule has 0 radical (unpaired) electrons. The third-order valence-corrected chi connectivity index (χ3v) is 5.14. The summed E-state index contributed by atoms with van der Waals surface area (Å²) in [6, 6.07) is 11.2. The van der Waals surface area contributed by atoms with Crippen molar-refractivity contribution in [3.05, 3.63) is 110 Å². The van der Waals surface area contributed by atoms with Crippen molar-refractivity contribution in [2.24, 2.45) is 7.05 Å². The van der Waals surface area contributed by atoms with Gasteiger partial charge in [-0.25, -0.2) is 13.6 Å². The van der Waals surface area contributed by atoms with E-state index in [-0.39, 0.29) is 35.5 Å². The van der Waals surface area contributed by atoms with Crippen molar-refractivity contribution in [1.82, 2.24) is 19.4 Å². The number of carbonyl (C=O) groups excluding carboxylic acids is 1. The number of hydrogen-bond acceptors (Lipinski definition) is 4. The van der Waals surface area contributed by atoms with Gasteiger partial charge >= 0.3 is 5.69 Å². The van der Waals surface area contributed by atoms with Gasteiger partial charge in [0, 0.05) is 31.5 Å². The maximum absolute atomic E-state index is 13.6. The smallest absolute Gasteiger partial charge is 0.331 e. The molecule has 1 amide bonds. The summed E-state index contributed by atoms with van der Waals surface area (Å²) in [5.41, 5.74) is 0.492. The van der Waals surface area contributed by atoms with Gasteiger partial charge in [-0.1, -0.05) is 6.07 Å². The van der Waals surface area contributed by atoms with Crippen LogP contribution in [0.15, 0.2) is 70.5 Å². The molecule has 0 saturated carbocycles. The number of aromatic nitrogens is 3. The van der Waals surface area contributed by atoms with Gasteiger partial charge < -0.3 is 5.32 Å². The Bertz CT molecular complexity index is 1450. The maximum atomic E-state index is 13.6. The summed E-state index contributed by atoms with van der Waals surface area (Å²) < 4.78 is 29.0. The molecule has 2 aromatic carbocycles. The average Bonchev–Trinajstić information content (AvgIpc) is 2.81. The molecule has 0 aliphatic heterocycles. The molecule has 0 aliphatic carbocycles. The fraction of sp³-hybridized carbons (Fsp3) is 0.130. The second-order valence-corrected chi connectivity index (χ2v) is 7.25. The molecule has 0 atom stereocenters. The van der Waals surface area contributed by atoms with Gasteiger partial charge in [-0.2, -0.15) is 0 Å². The van der Waals surface area contributed by atoms with Gasteiger partial charge in [0.25, 0.3) is 11.5 Å². The van der Waals surface area contributed by atoms with E-state index in [2.05, 4.69) is 10.3 Å². The van der Waals surface area contributed by atoms with Crippen LogP contribution in [0.1, 0.15) is 21.5 Å². The summed E-state index contributed by atoms with van der Waals surface area (Å²) in [6.07, 6.45) is 3.24. The molecule has 4 rings (SSSR count). The lowest BCUT2D eigenvalue weighted by atomic mass is 10.1. The number of benzene rings is 2. The minimum absolute atomic E-state index is 0.159. The molecule has 0 bridgehead atoms. The standard InChI is InChI=1S/C23H18F2N4O3/c1-28-20-5-3-16(21(30)27-12-14-6-8-26-9-7-14)11-17(20)22(31)29(23(28)32)13-15-2-4-18(24)19(25)10-15/h2-11H,12-13H2,1H3,(H,27,30). The zero-order valence-corrected chi connectivity index (χ0v) is 17.0. The Morgan fingerprint density at radius 1 is 0.969 bits per heavy atom. The molecular formula is C23H18F2N4O3. The zero-order chi connectivity index (χ0) is 22.8. The van der Waals surface area contributed by atoms with Gasteiger partial charge in [-0.05, 0) is 53.6 Å². The number of nitrogens with one attached hydrogen (secondary N) is 1. The molecular weight excluding hydrogens is 418 g/mol. The van der Waals surface area contributed by atoms with E-state index in [0.29, 0.717) is 5.52 Å². The van der Waals surface area contributed by atoms with Crippen molar-refractivity contribution < 1.29 is 13.6 Å². The molecule has 7 nitrogen and oxygen atoms in total. The van der Waals surface area contributed by atoms with Crippen molar-refractivity contribution in [3.8, 4) is 0 Å². The quantitative estimate of drug-likeness (QED) is 0.521. The first-order chi connectivity index (χ1) is 15.3. The summed E-state index contributed by atoms with van der Waals surface area (Å²) in [5.74, 6) is -2.47. The van der Waals surface area contributed by atoms with E-state index in [1.165, 1.54) is 35.9 Å². The highest BCUT2D eigenvalue weighted by Gasteiger charge is 2.15. The van der Waals surface area contributed by atoms with Crippen LogP contribution >= 0.6 is 0 Å². The van der Waals surface area contributed by atoms with Crippen LogP contribution in [-0.4, -0.2) is 20.0 Å². The first-order valence-electron chi connectivity index (χ1n) is 9.70. The molecule has 2 aromatic heterocycles. The van der Waals surface area contributed by atoms with Crippen molar-refractivity contribution in [1.29, 1.82) is 0 Å². The van der Waals surface area contributed by atoms with Crippen molar-refractivity contribution >= 4 is 16.8 Å². The van der Waals surface area contributed by atoms with Crippen LogP contribution in [0, 0.1) is 11.6 Å².